The number of hydrogen-bond acceptors (Lipinski definition) is 1. The Kier molecular flexibility index (Phi) is 7.73. The Bertz CT molecular complexity index is 461. The van der Waals surface area contributed by atoms with E-state index in [9.17, 15) is 0 Å². The monoisotopic (exact) mass is 299 g/mol. The minimum atomic E-state index is -0.463. The number of thiocarbonyl (C=S) groups is 1. The average Bonchev–Trinajstić information content (AvgIpc) is 2.40. The number of rotatable bonds is 4. The molecule has 2 rings (SSSR count). The van der Waals surface area contributed by atoms with E-state index in [1.54, 1.807) is 0 Å². The first-order valence-electron chi connectivity index (χ1n) is 5.88. The molecule has 0 aliphatic rings. The molecule has 0 aliphatic carbocycles. The van der Waals surface area contributed by atoms with Crippen molar-refractivity contribution < 1.29 is 0 Å². The van der Waals surface area contributed by atoms with E-state index in [1.807, 2.05) is 12.1 Å². The maximum absolute atomic E-state index is 5.89. The van der Waals surface area contributed by atoms with Crippen LogP contribution in [0.2, 0.25) is 0 Å². The van der Waals surface area contributed by atoms with Crippen LogP contribution < -0.4 is 5.73 Å². The molecule has 2 aromatic carbocycles. The standard InChI is InChI=1S/C15H17NS2.Na.H/c16-15(17)18(11-13-7-3-1-4-8-13)12-14-9-5-2-6-10-14;;/h1-10,18H,11-12H2,(H2,16,17);;. The Balaban J connectivity index is 0.00000180. The molecule has 0 aromatic heterocycles. The van der Waals surface area contributed by atoms with E-state index in [0.717, 1.165) is 11.5 Å². The van der Waals surface area contributed by atoms with Crippen LogP contribution in [0.5, 0.6) is 0 Å². The summed E-state index contributed by atoms with van der Waals surface area (Å²) in [6, 6.07) is 20.9. The van der Waals surface area contributed by atoms with Gasteiger partial charge >= 0.3 is 29.6 Å². The first kappa shape index (κ1) is 16.7. The van der Waals surface area contributed by atoms with Gasteiger partial charge in [0.25, 0.3) is 0 Å². The molecular formula is C15H18NNaS2. The second kappa shape index (κ2) is 8.77. The molecule has 0 unspecified atom stereocenters. The van der Waals surface area contributed by atoms with Gasteiger partial charge in [-0.2, -0.15) is 10.9 Å². The number of benzene rings is 2. The van der Waals surface area contributed by atoms with Crippen molar-refractivity contribution in [1.29, 1.82) is 0 Å². The van der Waals surface area contributed by atoms with Crippen LogP contribution in [-0.2, 0) is 11.5 Å². The first-order chi connectivity index (χ1) is 8.75. The van der Waals surface area contributed by atoms with Crippen LogP contribution in [0.3, 0.4) is 0 Å². The van der Waals surface area contributed by atoms with Crippen molar-refractivity contribution in [2.24, 2.45) is 5.73 Å². The van der Waals surface area contributed by atoms with Gasteiger partial charge in [0, 0.05) is 11.5 Å². The Morgan fingerprint density at radius 1 is 0.842 bits per heavy atom. The van der Waals surface area contributed by atoms with Gasteiger partial charge in [-0.05, 0) is 11.1 Å². The summed E-state index contributed by atoms with van der Waals surface area (Å²) in [7, 11) is -0.463. The fourth-order valence-electron chi connectivity index (χ4n) is 1.82. The van der Waals surface area contributed by atoms with Gasteiger partial charge in [-0.1, -0.05) is 72.9 Å². The molecule has 0 aliphatic heterocycles. The molecule has 0 spiro atoms. The Morgan fingerprint density at radius 3 is 1.53 bits per heavy atom. The van der Waals surface area contributed by atoms with Crippen molar-refractivity contribution in [2.75, 3.05) is 0 Å². The van der Waals surface area contributed by atoms with Gasteiger partial charge in [0.2, 0.25) is 0 Å². The van der Waals surface area contributed by atoms with Crippen molar-refractivity contribution in [2.45, 2.75) is 11.5 Å². The van der Waals surface area contributed by atoms with Gasteiger partial charge in [0.15, 0.2) is 0 Å². The number of thiol groups is 1. The molecule has 2 N–H and O–H groups in total. The predicted octanol–water partition coefficient (Wildman–Crippen LogP) is 2.98. The molecule has 1 nitrogen and oxygen atoms in total. The molecule has 0 heterocycles. The van der Waals surface area contributed by atoms with Crippen LogP contribution in [-0.4, -0.2) is 33.9 Å². The van der Waals surface area contributed by atoms with Gasteiger partial charge in [-0.25, -0.2) is 0 Å². The molecule has 0 bridgehead atoms. The zero-order valence-corrected chi connectivity index (χ0v) is 11.8. The van der Waals surface area contributed by atoms with Gasteiger partial charge in [0.1, 0.15) is 4.32 Å². The topological polar surface area (TPSA) is 26.0 Å². The van der Waals surface area contributed by atoms with Gasteiger partial charge in [-0.3, -0.25) is 0 Å². The third-order valence-electron chi connectivity index (χ3n) is 2.74. The molecule has 0 radical (unpaired) electrons. The summed E-state index contributed by atoms with van der Waals surface area (Å²) in [6.45, 7) is 0. The molecule has 0 saturated carbocycles. The zero-order valence-electron chi connectivity index (χ0n) is 10.1. The first-order valence-corrected chi connectivity index (χ1v) is 8.00. The number of hydrogen-bond donors (Lipinski definition) is 2. The van der Waals surface area contributed by atoms with Crippen LogP contribution in [0.15, 0.2) is 60.7 Å². The summed E-state index contributed by atoms with van der Waals surface area (Å²) in [5, 5.41) is 0. The fraction of sp³-hybridized carbons (Fsp3) is 0.133. The van der Waals surface area contributed by atoms with Crippen LogP contribution in [0.4, 0.5) is 0 Å². The summed E-state index contributed by atoms with van der Waals surface area (Å²) in [5.74, 6) is 1.95. The zero-order chi connectivity index (χ0) is 12.8. The van der Waals surface area contributed by atoms with Gasteiger partial charge in [-0.15, -0.1) is 0 Å². The maximum atomic E-state index is 5.89. The summed E-state index contributed by atoms with van der Waals surface area (Å²) < 4.78 is 0.665. The molecule has 96 valence electrons. The summed E-state index contributed by atoms with van der Waals surface area (Å²) in [6.07, 6.45) is 0. The van der Waals surface area contributed by atoms with Gasteiger partial charge < -0.3 is 5.73 Å². The molecule has 0 saturated heterocycles. The summed E-state index contributed by atoms with van der Waals surface area (Å²) in [5.41, 5.74) is 8.52. The van der Waals surface area contributed by atoms with Crippen molar-refractivity contribution >= 4 is 57.0 Å². The molecule has 19 heavy (non-hydrogen) atoms. The van der Waals surface area contributed by atoms with Gasteiger partial charge in [0.05, 0.1) is 0 Å². The van der Waals surface area contributed by atoms with Crippen LogP contribution >= 0.6 is 23.1 Å². The van der Waals surface area contributed by atoms with Crippen LogP contribution in [0, 0.1) is 0 Å². The molecule has 0 atom stereocenters. The summed E-state index contributed by atoms with van der Waals surface area (Å²) >= 11 is 5.22. The Hall–Kier alpha value is -0.320. The third-order valence-corrected chi connectivity index (χ3v) is 5.64. The van der Waals surface area contributed by atoms with Crippen LogP contribution in [0.25, 0.3) is 0 Å². The van der Waals surface area contributed by atoms with Crippen LogP contribution in [0.1, 0.15) is 11.1 Å². The second-order valence-corrected chi connectivity index (χ2v) is 7.10. The van der Waals surface area contributed by atoms with E-state index in [0.29, 0.717) is 4.32 Å². The molecule has 4 heteroatoms. The third kappa shape index (κ3) is 5.67. The van der Waals surface area contributed by atoms with E-state index in [2.05, 4.69) is 48.5 Å². The normalized spacial score (nSPS) is 10.4. The van der Waals surface area contributed by atoms with Crippen molar-refractivity contribution in [3.63, 3.8) is 0 Å². The fourth-order valence-corrected chi connectivity index (χ4v) is 3.93. The SMILES string of the molecule is NC(=S)[SH](Cc1ccccc1)Cc1ccccc1.[NaH]. The molecule has 2 aromatic rings. The number of nitrogens with two attached hydrogens (primary N) is 1. The predicted molar refractivity (Wildman–Crippen MR) is 93.2 cm³/mol. The average molecular weight is 299 g/mol. The quantitative estimate of drug-likeness (QED) is 0.516. The second-order valence-electron chi connectivity index (χ2n) is 4.17. The van der Waals surface area contributed by atoms with E-state index in [-0.39, 0.29) is 29.6 Å². The van der Waals surface area contributed by atoms with E-state index < -0.39 is 10.9 Å². The summed E-state index contributed by atoms with van der Waals surface area (Å²) in [4.78, 5) is 0. The van der Waals surface area contributed by atoms with E-state index in [1.165, 1.54) is 11.1 Å². The van der Waals surface area contributed by atoms with Crippen molar-refractivity contribution in [1.82, 2.24) is 0 Å². The Morgan fingerprint density at radius 2 is 1.21 bits per heavy atom. The minimum absolute atomic E-state index is 0. The molecular weight excluding hydrogens is 281 g/mol. The van der Waals surface area contributed by atoms with E-state index in [4.69, 9.17) is 18.0 Å². The van der Waals surface area contributed by atoms with Crippen molar-refractivity contribution in [3.05, 3.63) is 71.8 Å². The van der Waals surface area contributed by atoms with Crippen molar-refractivity contribution in [3.8, 4) is 0 Å². The Labute approximate surface area is 145 Å². The molecule has 0 fully saturated rings. The molecule has 0 amide bonds. The van der Waals surface area contributed by atoms with E-state index >= 15 is 0 Å².